The zero-order chi connectivity index (χ0) is 11.8. The van der Waals surface area contributed by atoms with Gasteiger partial charge < -0.3 is 9.47 Å². The van der Waals surface area contributed by atoms with Crippen LogP contribution in [0.4, 0.5) is 0 Å². The van der Waals surface area contributed by atoms with Crippen LogP contribution in [-0.2, 0) is 9.53 Å². The minimum atomic E-state index is -0.259. The maximum absolute atomic E-state index is 10.9. The molecule has 2 atom stereocenters. The SMILES string of the molecule is CC(=O)OC1=C[C@H]2Oc3ccccc3[C@H]2CC1. The van der Waals surface area contributed by atoms with Crippen molar-refractivity contribution < 1.29 is 14.3 Å². The molecule has 0 bridgehead atoms. The van der Waals surface area contributed by atoms with Crippen LogP contribution in [0.3, 0.4) is 0 Å². The van der Waals surface area contributed by atoms with Gasteiger partial charge in [0.1, 0.15) is 17.6 Å². The Morgan fingerprint density at radius 2 is 2.24 bits per heavy atom. The normalized spacial score (nSPS) is 25.4. The number of ether oxygens (including phenoxy) is 2. The Kier molecular flexibility index (Phi) is 2.39. The highest BCUT2D eigenvalue weighted by atomic mass is 16.5. The van der Waals surface area contributed by atoms with Gasteiger partial charge >= 0.3 is 5.97 Å². The second kappa shape index (κ2) is 3.91. The first-order valence-electron chi connectivity index (χ1n) is 5.89. The molecule has 88 valence electrons. The van der Waals surface area contributed by atoms with E-state index >= 15 is 0 Å². The molecule has 1 aliphatic heterocycles. The number of fused-ring (bicyclic) bond motifs is 3. The molecule has 1 aromatic carbocycles. The molecule has 2 aliphatic rings. The van der Waals surface area contributed by atoms with Crippen molar-refractivity contribution in [2.45, 2.75) is 31.8 Å². The van der Waals surface area contributed by atoms with Crippen LogP contribution < -0.4 is 4.74 Å². The van der Waals surface area contributed by atoms with Gasteiger partial charge in [0.15, 0.2) is 0 Å². The van der Waals surface area contributed by atoms with Crippen molar-refractivity contribution >= 4 is 5.97 Å². The van der Waals surface area contributed by atoms with Gasteiger partial charge in [0, 0.05) is 24.8 Å². The summed E-state index contributed by atoms with van der Waals surface area (Å²) in [6, 6.07) is 8.13. The predicted octanol–water partition coefficient (Wildman–Crippen LogP) is 2.77. The molecular weight excluding hydrogens is 216 g/mol. The number of hydrogen-bond acceptors (Lipinski definition) is 3. The molecule has 17 heavy (non-hydrogen) atoms. The lowest BCUT2D eigenvalue weighted by molar-refractivity contribution is -0.137. The molecule has 3 heteroatoms. The number of allylic oxidation sites excluding steroid dienone is 1. The average Bonchev–Trinajstić information content (AvgIpc) is 2.65. The Hall–Kier alpha value is -1.77. The van der Waals surface area contributed by atoms with Crippen LogP contribution >= 0.6 is 0 Å². The highest BCUT2D eigenvalue weighted by Crippen LogP contribution is 2.44. The molecule has 0 N–H and O–H groups in total. The summed E-state index contributed by atoms with van der Waals surface area (Å²) in [5.41, 5.74) is 1.27. The number of esters is 1. The van der Waals surface area contributed by atoms with Crippen LogP contribution in [-0.4, -0.2) is 12.1 Å². The summed E-state index contributed by atoms with van der Waals surface area (Å²) in [5.74, 6) is 1.85. The molecule has 1 aromatic rings. The van der Waals surface area contributed by atoms with Crippen LogP contribution in [0.5, 0.6) is 5.75 Å². The van der Waals surface area contributed by atoms with E-state index in [0.717, 1.165) is 24.4 Å². The maximum Gasteiger partial charge on any atom is 0.307 e. The van der Waals surface area contributed by atoms with Gasteiger partial charge in [-0.25, -0.2) is 0 Å². The van der Waals surface area contributed by atoms with E-state index in [4.69, 9.17) is 9.47 Å². The van der Waals surface area contributed by atoms with Crippen molar-refractivity contribution in [2.24, 2.45) is 0 Å². The Morgan fingerprint density at radius 1 is 1.41 bits per heavy atom. The average molecular weight is 230 g/mol. The first-order valence-corrected chi connectivity index (χ1v) is 5.89. The van der Waals surface area contributed by atoms with Crippen LogP contribution in [0.2, 0.25) is 0 Å². The fourth-order valence-electron chi connectivity index (χ4n) is 2.60. The van der Waals surface area contributed by atoms with Crippen LogP contribution in [0, 0.1) is 0 Å². The minimum Gasteiger partial charge on any atom is -0.485 e. The van der Waals surface area contributed by atoms with Crippen molar-refractivity contribution in [2.75, 3.05) is 0 Å². The summed E-state index contributed by atoms with van der Waals surface area (Å²) in [6.45, 7) is 1.43. The first-order chi connectivity index (χ1) is 8.24. The molecular formula is C14H14O3. The van der Waals surface area contributed by atoms with Gasteiger partial charge in [-0.15, -0.1) is 0 Å². The molecule has 0 saturated heterocycles. The van der Waals surface area contributed by atoms with Crippen molar-refractivity contribution in [1.29, 1.82) is 0 Å². The third kappa shape index (κ3) is 1.82. The summed E-state index contributed by atoms with van der Waals surface area (Å²) >= 11 is 0. The van der Waals surface area contributed by atoms with Gasteiger partial charge in [-0.3, -0.25) is 4.79 Å². The van der Waals surface area contributed by atoms with Gasteiger partial charge in [-0.05, 0) is 18.6 Å². The first kappa shape index (κ1) is 10.4. The van der Waals surface area contributed by atoms with Gasteiger partial charge in [0.25, 0.3) is 0 Å². The Bertz CT molecular complexity index is 490. The van der Waals surface area contributed by atoms with E-state index in [9.17, 15) is 4.79 Å². The summed E-state index contributed by atoms with van der Waals surface area (Å²) in [4.78, 5) is 10.9. The molecule has 0 spiro atoms. The lowest BCUT2D eigenvalue weighted by atomic mass is 9.86. The van der Waals surface area contributed by atoms with E-state index in [1.165, 1.54) is 12.5 Å². The molecule has 3 nitrogen and oxygen atoms in total. The fourth-order valence-corrected chi connectivity index (χ4v) is 2.60. The number of hydrogen-bond donors (Lipinski definition) is 0. The molecule has 0 amide bonds. The molecule has 0 aromatic heterocycles. The van der Waals surface area contributed by atoms with Gasteiger partial charge in [0.05, 0.1) is 0 Å². The molecule has 0 radical (unpaired) electrons. The Balaban J connectivity index is 1.86. The Morgan fingerprint density at radius 3 is 3.06 bits per heavy atom. The van der Waals surface area contributed by atoms with E-state index in [0.29, 0.717) is 5.92 Å². The molecule has 1 aliphatic carbocycles. The van der Waals surface area contributed by atoms with Gasteiger partial charge in [0.2, 0.25) is 0 Å². The number of rotatable bonds is 1. The highest BCUT2D eigenvalue weighted by Gasteiger charge is 2.36. The number of carbonyl (C=O) groups is 1. The zero-order valence-corrected chi connectivity index (χ0v) is 9.68. The van der Waals surface area contributed by atoms with Crippen LogP contribution in [0.1, 0.15) is 31.2 Å². The highest BCUT2D eigenvalue weighted by molar-refractivity contribution is 5.67. The monoisotopic (exact) mass is 230 g/mol. The zero-order valence-electron chi connectivity index (χ0n) is 9.68. The molecule has 0 saturated carbocycles. The third-order valence-corrected chi connectivity index (χ3v) is 3.30. The quantitative estimate of drug-likeness (QED) is 0.696. The van der Waals surface area contributed by atoms with Crippen molar-refractivity contribution in [1.82, 2.24) is 0 Å². The second-order valence-electron chi connectivity index (χ2n) is 4.49. The summed E-state index contributed by atoms with van der Waals surface area (Å²) in [7, 11) is 0. The summed E-state index contributed by atoms with van der Waals surface area (Å²) in [5, 5.41) is 0. The standard InChI is InChI=1S/C14H14O3/c1-9(15)16-10-6-7-12-11-4-2-3-5-13(11)17-14(12)8-10/h2-5,8,12,14H,6-7H2,1H3/t12-,14-/m1/s1. The van der Waals surface area contributed by atoms with Crippen molar-refractivity contribution in [3.63, 3.8) is 0 Å². The van der Waals surface area contributed by atoms with Crippen molar-refractivity contribution in [3.8, 4) is 5.75 Å². The smallest absolute Gasteiger partial charge is 0.307 e. The number of benzene rings is 1. The number of para-hydroxylation sites is 1. The van der Waals surface area contributed by atoms with E-state index in [-0.39, 0.29) is 12.1 Å². The van der Waals surface area contributed by atoms with Gasteiger partial charge in [-0.2, -0.15) is 0 Å². The predicted molar refractivity (Wildman–Crippen MR) is 62.7 cm³/mol. The fraction of sp³-hybridized carbons (Fsp3) is 0.357. The molecule has 0 fully saturated rings. The molecule has 3 rings (SSSR count). The van der Waals surface area contributed by atoms with E-state index in [1.807, 2.05) is 24.3 Å². The van der Waals surface area contributed by atoms with Gasteiger partial charge in [-0.1, -0.05) is 18.2 Å². The maximum atomic E-state index is 10.9. The second-order valence-corrected chi connectivity index (χ2v) is 4.49. The largest absolute Gasteiger partial charge is 0.485 e. The lowest BCUT2D eigenvalue weighted by Gasteiger charge is -2.22. The summed E-state index contributed by atoms with van der Waals surface area (Å²) in [6.07, 6.45) is 3.74. The summed E-state index contributed by atoms with van der Waals surface area (Å²) < 4.78 is 11.0. The topological polar surface area (TPSA) is 35.5 Å². The van der Waals surface area contributed by atoms with Crippen molar-refractivity contribution in [3.05, 3.63) is 41.7 Å². The molecule has 1 heterocycles. The van der Waals surface area contributed by atoms with E-state index in [1.54, 1.807) is 0 Å². The number of carbonyl (C=O) groups excluding carboxylic acids is 1. The lowest BCUT2D eigenvalue weighted by Crippen LogP contribution is -2.21. The minimum absolute atomic E-state index is 0.0236. The van der Waals surface area contributed by atoms with E-state index in [2.05, 4.69) is 6.07 Å². The third-order valence-electron chi connectivity index (χ3n) is 3.30. The molecule has 0 unspecified atom stereocenters. The van der Waals surface area contributed by atoms with Crippen LogP contribution in [0.15, 0.2) is 36.1 Å². The Labute approximate surface area is 100 Å². The van der Waals surface area contributed by atoms with Crippen LogP contribution in [0.25, 0.3) is 0 Å². The van der Waals surface area contributed by atoms with E-state index < -0.39 is 0 Å².